The van der Waals surface area contributed by atoms with E-state index in [9.17, 15) is 4.79 Å². The second-order valence-electron chi connectivity index (χ2n) is 1.43. The smallest absolute Gasteiger partial charge is 0.276 e. The minimum Gasteiger partial charge on any atom is -0.326 e. The van der Waals surface area contributed by atoms with E-state index < -0.39 is 5.56 Å². The second-order valence-corrected chi connectivity index (χ2v) is 1.43. The monoisotopic (exact) mass is 137 g/mol. The summed E-state index contributed by atoms with van der Waals surface area (Å²) in [5, 5.41) is 3.03. The summed E-state index contributed by atoms with van der Waals surface area (Å²) < 4.78 is 0. The lowest BCUT2D eigenvalue weighted by Gasteiger charge is -1.83. The summed E-state index contributed by atoms with van der Waals surface area (Å²) in [5.41, 5.74) is 7.42. The van der Waals surface area contributed by atoms with E-state index in [1.54, 1.807) is 0 Å². The maximum Gasteiger partial charge on any atom is 0.276 e. The van der Waals surface area contributed by atoms with Gasteiger partial charge < -0.3 is 4.98 Å². The predicted octanol–water partition coefficient (Wildman–Crippen LogP) is 0.712. The Morgan fingerprint density at radius 3 is 3.20 bits per heavy atom. The molecule has 0 spiro atoms. The quantitative estimate of drug-likeness (QED) is 0.350. The Labute approximate surface area is 55.2 Å². The van der Waals surface area contributed by atoms with Gasteiger partial charge in [-0.3, -0.25) is 4.79 Å². The zero-order chi connectivity index (χ0) is 7.40. The third kappa shape index (κ3) is 1.12. The molecule has 0 radical (unpaired) electrons. The number of nitrogens with one attached hydrogen (secondary N) is 1. The number of hydrogen-bond donors (Lipinski definition) is 1. The maximum absolute atomic E-state index is 10.6. The van der Waals surface area contributed by atoms with Gasteiger partial charge in [-0.15, -0.1) is 0 Å². The molecule has 50 valence electrons. The van der Waals surface area contributed by atoms with Crippen molar-refractivity contribution < 1.29 is 0 Å². The molecule has 0 fully saturated rings. The first-order valence-corrected chi connectivity index (χ1v) is 2.43. The number of rotatable bonds is 1. The van der Waals surface area contributed by atoms with Crippen molar-refractivity contribution in [2.45, 2.75) is 0 Å². The van der Waals surface area contributed by atoms with Gasteiger partial charge in [-0.2, -0.15) is 0 Å². The normalized spacial score (nSPS) is 8.40. The average Bonchev–Trinajstić information content (AvgIpc) is 1.94. The average molecular weight is 137 g/mol. The van der Waals surface area contributed by atoms with Crippen LogP contribution in [-0.2, 0) is 0 Å². The Hall–Kier alpha value is -1.81. The van der Waals surface area contributed by atoms with Gasteiger partial charge >= 0.3 is 0 Å². The van der Waals surface area contributed by atoms with E-state index in [2.05, 4.69) is 20.0 Å². The molecule has 0 aliphatic rings. The van der Waals surface area contributed by atoms with Gasteiger partial charge in [0.1, 0.15) is 0 Å². The fourth-order valence-corrected chi connectivity index (χ4v) is 0.458. The second kappa shape index (κ2) is 2.65. The van der Waals surface area contributed by atoms with Crippen molar-refractivity contribution in [3.63, 3.8) is 0 Å². The topological polar surface area (TPSA) is 94.5 Å². The van der Waals surface area contributed by atoms with Crippen LogP contribution in [0, 0.1) is 0 Å². The lowest BCUT2D eigenvalue weighted by atomic mass is 10.7. The summed E-state index contributed by atoms with van der Waals surface area (Å²) >= 11 is 0. The van der Waals surface area contributed by atoms with E-state index in [1.165, 1.54) is 12.4 Å². The molecule has 6 heteroatoms. The van der Waals surface area contributed by atoms with E-state index in [1.807, 2.05) is 0 Å². The zero-order valence-corrected chi connectivity index (χ0v) is 4.85. The van der Waals surface area contributed by atoms with Gasteiger partial charge in [-0.05, 0) is 10.6 Å². The Morgan fingerprint density at radius 1 is 1.80 bits per heavy atom. The molecule has 0 aromatic carbocycles. The van der Waals surface area contributed by atoms with Gasteiger partial charge in [0.15, 0.2) is 5.82 Å². The first-order valence-electron chi connectivity index (χ1n) is 2.43. The molecule has 1 N–H and O–H groups in total. The van der Waals surface area contributed by atoms with Crippen LogP contribution in [-0.4, -0.2) is 9.97 Å². The van der Waals surface area contributed by atoms with Crippen LogP contribution in [0.5, 0.6) is 0 Å². The molecule has 0 saturated carbocycles. The molecule has 1 aromatic rings. The summed E-state index contributed by atoms with van der Waals surface area (Å²) in [6.45, 7) is 0. The van der Waals surface area contributed by atoms with Crippen LogP contribution in [0.15, 0.2) is 22.3 Å². The number of H-pyrrole nitrogens is 1. The number of aromatic nitrogens is 2. The first kappa shape index (κ1) is 6.31. The van der Waals surface area contributed by atoms with E-state index in [-0.39, 0.29) is 5.82 Å². The van der Waals surface area contributed by atoms with Crippen LogP contribution in [0.25, 0.3) is 10.4 Å². The highest BCUT2D eigenvalue weighted by Crippen LogP contribution is 1.93. The van der Waals surface area contributed by atoms with Crippen LogP contribution in [0.1, 0.15) is 0 Å². The summed E-state index contributed by atoms with van der Waals surface area (Å²) in [6, 6.07) is 0. The van der Waals surface area contributed by atoms with E-state index >= 15 is 0 Å². The van der Waals surface area contributed by atoms with Crippen molar-refractivity contribution in [3.05, 3.63) is 33.2 Å². The number of hydrogen-bond acceptors (Lipinski definition) is 3. The Kier molecular flexibility index (Phi) is 1.67. The molecular formula is C4H3N5O. The number of aromatic amines is 1. The van der Waals surface area contributed by atoms with Crippen LogP contribution in [0.3, 0.4) is 0 Å². The fraction of sp³-hybridized carbons (Fsp3) is 0. The molecular weight excluding hydrogens is 134 g/mol. The van der Waals surface area contributed by atoms with Crippen LogP contribution >= 0.6 is 0 Å². The van der Waals surface area contributed by atoms with Crippen molar-refractivity contribution in [2.24, 2.45) is 5.11 Å². The molecule has 1 rings (SSSR count). The molecule has 10 heavy (non-hydrogen) atoms. The number of azide groups is 1. The molecule has 0 unspecified atom stereocenters. The van der Waals surface area contributed by atoms with Gasteiger partial charge in [-0.1, -0.05) is 0 Å². The number of nitrogens with zero attached hydrogens (tertiary/aromatic N) is 4. The zero-order valence-electron chi connectivity index (χ0n) is 4.85. The largest absolute Gasteiger partial charge is 0.326 e. The fourth-order valence-electron chi connectivity index (χ4n) is 0.458. The summed E-state index contributed by atoms with van der Waals surface area (Å²) in [4.78, 5) is 18.8. The minimum absolute atomic E-state index is 0.162. The van der Waals surface area contributed by atoms with Gasteiger partial charge in [0, 0.05) is 17.3 Å². The highest BCUT2D eigenvalue weighted by Gasteiger charge is 1.91. The van der Waals surface area contributed by atoms with Gasteiger partial charge in [0.05, 0.1) is 0 Å². The van der Waals surface area contributed by atoms with Crippen LogP contribution in [0.4, 0.5) is 5.82 Å². The van der Waals surface area contributed by atoms with Gasteiger partial charge in [0.25, 0.3) is 5.56 Å². The van der Waals surface area contributed by atoms with Crippen molar-refractivity contribution in [1.82, 2.24) is 9.97 Å². The molecule has 0 atom stereocenters. The Bertz CT molecular complexity index is 322. The molecule has 1 heterocycles. The van der Waals surface area contributed by atoms with Crippen molar-refractivity contribution in [1.29, 1.82) is 0 Å². The molecule has 0 aliphatic carbocycles. The maximum atomic E-state index is 10.6. The molecule has 0 bridgehead atoms. The Morgan fingerprint density at radius 2 is 2.60 bits per heavy atom. The van der Waals surface area contributed by atoms with Gasteiger partial charge in [0.2, 0.25) is 0 Å². The molecule has 0 amide bonds. The highest BCUT2D eigenvalue weighted by molar-refractivity contribution is 5.20. The third-order valence-electron chi connectivity index (χ3n) is 0.828. The highest BCUT2D eigenvalue weighted by atomic mass is 16.1. The summed E-state index contributed by atoms with van der Waals surface area (Å²) in [7, 11) is 0. The van der Waals surface area contributed by atoms with E-state index in [0.29, 0.717) is 0 Å². The first-order chi connectivity index (χ1) is 4.84. The minimum atomic E-state index is -0.486. The van der Waals surface area contributed by atoms with E-state index in [0.717, 1.165) is 0 Å². The summed E-state index contributed by atoms with van der Waals surface area (Å²) in [6.07, 6.45) is 2.70. The SMILES string of the molecule is [N-]=[N+]=Nc1ncc[nH]c1=O. The lowest BCUT2D eigenvalue weighted by molar-refractivity contribution is 1.11. The van der Waals surface area contributed by atoms with Crippen LogP contribution < -0.4 is 5.56 Å². The summed E-state index contributed by atoms with van der Waals surface area (Å²) in [5.74, 6) is -0.162. The standard InChI is InChI=1S/C4H3N5O/c5-9-8-3-4(10)7-2-1-6-3/h1-2H,(H,7,10). The lowest BCUT2D eigenvalue weighted by Crippen LogP contribution is -2.04. The Balaban J connectivity index is 3.28. The van der Waals surface area contributed by atoms with Crippen molar-refractivity contribution >= 4 is 5.82 Å². The van der Waals surface area contributed by atoms with Crippen molar-refractivity contribution in [3.8, 4) is 0 Å². The van der Waals surface area contributed by atoms with Gasteiger partial charge in [-0.25, -0.2) is 4.98 Å². The van der Waals surface area contributed by atoms with Crippen molar-refractivity contribution in [2.75, 3.05) is 0 Å². The van der Waals surface area contributed by atoms with Crippen LogP contribution in [0.2, 0.25) is 0 Å². The molecule has 1 aromatic heterocycles. The predicted molar refractivity (Wildman–Crippen MR) is 33.7 cm³/mol. The molecule has 6 nitrogen and oxygen atoms in total. The molecule has 0 aliphatic heterocycles. The van der Waals surface area contributed by atoms with E-state index in [4.69, 9.17) is 5.53 Å². The molecule has 0 saturated heterocycles. The third-order valence-corrected chi connectivity index (χ3v) is 0.828.